The first-order valence-electron chi connectivity index (χ1n) is 11.7. The Kier molecular flexibility index (Phi) is 5.77. The number of hydrogen-bond acceptors (Lipinski definition) is 10. The molecule has 4 aromatic rings. The summed E-state index contributed by atoms with van der Waals surface area (Å²) >= 11 is 1.33. The van der Waals surface area contributed by atoms with E-state index in [0.717, 1.165) is 29.2 Å². The van der Waals surface area contributed by atoms with Gasteiger partial charge in [-0.2, -0.15) is 9.61 Å². The molecule has 1 saturated heterocycles. The Bertz CT molecular complexity index is 1540. The Morgan fingerprint density at radius 1 is 1.24 bits per heavy atom. The zero-order valence-electron chi connectivity index (χ0n) is 19.7. The number of aliphatic hydroxyl groups is 1. The predicted molar refractivity (Wildman–Crippen MR) is 136 cm³/mol. The van der Waals surface area contributed by atoms with Gasteiger partial charge in [0.2, 0.25) is 6.35 Å². The molecular formula is C24H23N9O3S. The molecule has 1 atom stereocenters. The van der Waals surface area contributed by atoms with Gasteiger partial charge in [0.05, 0.1) is 45.8 Å². The van der Waals surface area contributed by atoms with Crippen LogP contribution in [0.15, 0.2) is 42.5 Å². The first-order chi connectivity index (χ1) is 17.9. The minimum absolute atomic E-state index is 0.206. The van der Waals surface area contributed by atoms with Gasteiger partial charge >= 0.3 is 0 Å². The highest BCUT2D eigenvalue weighted by atomic mass is 32.1. The maximum atomic E-state index is 12.8. The van der Waals surface area contributed by atoms with Gasteiger partial charge in [0.1, 0.15) is 11.5 Å². The van der Waals surface area contributed by atoms with E-state index in [0.29, 0.717) is 33.5 Å². The predicted octanol–water partition coefficient (Wildman–Crippen LogP) is 1.40. The minimum atomic E-state index is -1.13. The van der Waals surface area contributed by atoms with Crippen LogP contribution in [0.4, 0.5) is 5.82 Å². The SMILES string of the molecule is Cc1cnc(CNC(=O)c2ccc(-c3cc(NC4CC4)n4ncc(/C=C5\NC(O)NC5=O)c4n3)s2)cn1. The number of rotatable bonds is 7. The zero-order valence-corrected chi connectivity index (χ0v) is 20.5. The fourth-order valence-electron chi connectivity index (χ4n) is 3.83. The van der Waals surface area contributed by atoms with E-state index < -0.39 is 12.3 Å². The standard InChI is InChI=1S/C24H23N9O3S/c1-12-8-26-15(10-25-12)11-27-23(35)19-5-4-18(37-19)16-7-20(29-14-2-3-14)33-21(30-16)13(9-28-33)6-17-22(34)32-24(36)31-17/h4-10,14,24,29,31,36H,2-3,11H2,1H3,(H,27,35)(H,32,34)/b17-6-. The summed E-state index contributed by atoms with van der Waals surface area (Å²) in [6.07, 6.45) is 7.56. The monoisotopic (exact) mass is 517 g/mol. The first-order valence-corrected chi connectivity index (χ1v) is 12.5. The summed E-state index contributed by atoms with van der Waals surface area (Å²) in [7, 11) is 0. The third-order valence-electron chi connectivity index (χ3n) is 5.88. The van der Waals surface area contributed by atoms with Gasteiger partial charge in [-0.05, 0) is 38.0 Å². The molecule has 2 aliphatic rings. The topological polar surface area (TPSA) is 158 Å². The number of amides is 2. The third kappa shape index (κ3) is 4.86. The van der Waals surface area contributed by atoms with Crippen molar-refractivity contribution in [2.24, 2.45) is 0 Å². The Balaban J connectivity index is 1.29. The Morgan fingerprint density at radius 2 is 2.11 bits per heavy atom. The van der Waals surface area contributed by atoms with Crippen molar-refractivity contribution >= 4 is 40.7 Å². The molecule has 0 spiro atoms. The van der Waals surface area contributed by atoms with Gasteiger partial charge in [0.25, 0.3) is 11.8 Å². The molecule has 1 saturated carbocycles. The smallest absolute Gasteiger partial charge is 0.270 e. The minimum Gasteiger partial charge on any atom is -0.367 e. The third-order valence-corrected chi connectivity index (χ3v) is 6.99. The molecular weight excluding hydrogens is 494 g/mol. The molecule has 1 unspecified atom stereocenters. The van der Waals surface area contributed by atoms with Crippen LogP contribution in [0.25, 0.3) is 22.3 Å². The summed E-state index contributed by atoms with van der Waals surface area (Å²) in [6.45, 7) is 2.14. The van der Waals surface area contributed by atoms with E-state index in [1.807, 2.05) is 19.1 Å². The summed E-state index contributed by atoms with van der Waals surface area (Å²) in [4.78, 5) is 39.5. The number of aryl methyl sites for hydroxylation is 1. The second-order valence-electron chi connectivity index (χ2n) is 8.85. The van der Waals surface area contributed by atoms with Crippen molar-refractivity contribution in [1.29, 1.82) is 0 Å². The van der Waals surface area contributed by atoms with Crippen LogP contribution in [0.3, 0.4) is 0 Å². The first kappa shape index (κ1) is 23.1. The van der Waals surface area contributed by atoms with E-state index in [4.69, 9.17) is 4.98 Å². The highest BCUT2D eigenvalue weighted by molar-refractivity contribution is 7.17. The van der Waals surface area contributed by atoms with Gasteiger partial charge in [-0.3, -0.25) is 19.6 Å². The van der Waals surface area contributed by atoms with E-state index in [1.165, 1.54) is 11.3 Å². The molecule has 2 amide bonds. The lowest BCUT2D eigenvalue weighted by atomic mass is 10.2. The fourth-order valence-corrected chi connectivity index (χ4v) is 4.71. The van der Waals surface area contributed by atoms with E-state index in [9.17, 15) is 14.7 Å². The molecule has 0 radical (unpaired) electrons. The maximum Gasteiger partial charge on any atom is 0.270 e. The highest BCUT2D eigenvalue weighted by Crippen LogP contribution is 2.32. The Hall–Kier alpha value is -4.36. The van der Waals surface area contributed by atoms with Crippen LogP contribution in [0, 0.1) is 6.92 Å². The van der Waals surface area contributed by atoms with Gasteiger partial charge < -0.3 is 26.4 Å². The van der Waals surface area contributed by atoms with Crippen LogP contribution in [0.2, 0.25) is 0 Å². The summed E-state index contributed by atoms with van der Waals surface area (Å²) in [5.74, 6) is 0.154. The number of carbonyl (C=O) groups is 2. The molecule has 5 heterocycles. The molecule has 2 fully saturated rings. The second kappa shape index (κ2) is 9.26. The summed E-state index contributed by atoms with van der Waals surface area (Å²) in [5, 5.41) is 25.5. The van der Waals surface area contributed by atoms with Crippen LogP contribution in [0.5, 0.6) is 0 Å². The number of anilines is 1. The van der Waals surface area contributed by atoms with Gasteiger partial charge in [-0.1, -0.05) is 0 Å². The maximum absolute atomic E-state index is 12.8. The number of nitrogens with zero attached hydrogens (tertiary/aromatic N) is 5. The fraction of sp³-hybridized carbons (Fsp3) is 0.250. The molecule has 1 aliphatic carbocycles. The van der Waals surface area contributed by atoms with Crippen molar-refractivity contribution in [3.05, 3.63) is 64.3 Å². The van der Waals surface area contributed by atoms with Gasteiger partial charge in [-0.15, -0.1) is 11.3 Å². The lowest BCUT2D eigenvalue weighted by Crippen LogP contribution is -2.30. The van der Waals surface area contributed by atoms with Crippen LogP contribution in [-0.2, 0) is 11.3 Å². The van der Waals surface area contributed by atoms with Gasteiger partial charge in [0, 0.05) is 23.9 Å². The molecule has 12 nitrogen and oxygen atoms in total. The zero-order chi connectivity index (χ0) is 25.5. The number of aliphatic hydroxyl groups excluding tert-OH is 1. The molecule has 37 heavy (non-hydrogen) atoms. The molecule has 5 N–H and O–H groups in total. The largest absolute Gasteiger partial charge is 0.367 e. The van der Waals surface area contributed by atoms with Crippen LogP contribution >= 0.6 is 11.3 Å². The molecule has 4 aromatic heterocycles. The molecule has 6 rings (SSSR count). The Labute approximate surface area is 214 Å². The van der Waals surface area contributed by atoms with Gasteiger partial charge in [-0.25, -0.2) is 4.98 Å². The number of hydrogen-bond donors (Lipinski definition) is 5. The van der Waals surface area contributed by atoms with Crippen LogP contribution in [-0.4, -0.2) is 53.9 Å². The molecule has 188 valence electrons. The molecule has 13 heteroatoms. The van der Waals surface area contributed by atoms with Crippen LogP contribution in [0.1, 0.15) is 39.5 Å². The average Bonchev–Trinajstić information content (AvgIpc) is 3.25. The number of thiophene rings is 1. The van der Waals surface area contributed by atoms with E-state index in [2.05, 4.69) is 36.3 Å². The van der Waals surface area contributed by atoms with Crippen molar-refractivity contribution in [2.45, 2.75) is 38.7 Å². The van der Waals surface area contributed by atoms with E-state index in [-0.39, 0.29) is 18.1 Å². The van der Waals surface area contributed by atoms with Crippen molar-refractivity contribution in [3.63, 3.8) is 0 Å². The Morgan fingerprint density at radius 3 is 2.84 bits per heavy atom. The summed E-state index contributed by atoms with van der Waals surface area (Å²) in [5.41, 5.74) is 3.55. The van der Waals surface area contributed by atoms with E-state index in [1.54, 1.807) is 35.2 Å². The number of carbonyl (C=O) groups excluding carboxylic acids is 2. The normalized spacial score (nSPS) is 18.2. The lowest BCUT2D eigenvalue weighted by Gasteiger charge is -2.09. The van der Waals surface area contributed by atoms with Crippen LogP contribution < -0.4 is 21.3 Å². The average molecular weight is 518 g/mol. The van der Waals surface area contributed by atoms with Crippen molar-refractivity contribution in [1.82, 2.24) is 40.5 Å². The summed E-state index contributed by atoms with van der Waals surface area (Å²) < 4.78 is 1.70. The van der Waals surface area contributed by atoms with Crippen molar-refractivity contribution < 1.29 is 14.7 Å². The van der Waals surface area contributed by atoms with Crippen molar-refractivity contribution in [2.75, 3.05) is 5.32 Å². The van der Waals surface area contributed by atoms with E-state index >= 15 is 0 Å². The quantitative estimate of drug-likeness (QED) is 0.228. The number of nitrogens with one attached hydrogen (secondary N) is 4. The highest BCUT2D eigenvalue weighted by Gasteiger charge is 2.26. The lowest BCUT2D eigenvalue weighted by molar-refractivity contribution is -0.117. The van der Waals surface area contributed by atoms with Gasteiger partial charge in [0.15, 0.2) is 5.65 Å². The molecule has 0 bridgehead atoms. The molecule has 1 aliphatic heterocycles. The number of fused-ring (bicyclic) bond motifs is 1. The molecule has 0 aromatic carbocycles. The van der Waals surface area contributed by atoms with Crippen molar-refractivity contribution in [3.8, 4) is 10.6 Å². The summed E-state index contributed by atoms with van der Waals surface area (Å²) in [6, 6.07) is 5.91. The second-order valence-corrected chi connectivity index (χ2v) is 9.94. The number of aromatic nitrogens is 5.